The number of hydrogen-bond acceptors (Lipinski definition) is 4. The lowest BCUT2D eigenvalue weighted by Crippen LogP contribution is -2.15. The molecule has 0 amide bonds. The standard InChI is InChI=1S/C14H22N2O2/c17-11-15-9-1-3-13-5-7-14(8-6-13)4-2-10-16-12-18/h13-14H,1-10H2. The molecule has 1 saturated carbocycles. The lowest BCUT2D eigenvalue weighted by molar-refractivity contribution is 0.249. The molecule has 100 valence electrons. The van der Waals surface area contributed by atoms with Gasteiger partial charge in [0.1, 0.15) is 0 Å². The first-order chi connectivity index (χ1) is 8.86. The largest absolute Gasteiger partial charge is 0.234 e. The Morgan fingerprint density at radius 1 is 0.778 bits per heavy atom. The van der Waals surface area contributed by atoms with Crippen LogP contribution in [0.3, 0.4) is 0 Å². The molecule has 0 radical (unpaired) electrons. The van der Waals surface area contributed by atoms with Gasteiger partial charge in [-0.05, 0) is 37.5 Å². The van der Waals surface area contributed by atoms with E-state index in [1.165, 1.54) is 38.5 Å². The molecule has 18 heavy (non-hydrogen) atoms. The topological polar surface area (TPSA) is 58.9 Å². The Labute approximate surface area is 109 Å². The van der Waals surface area contributed by atoms with Crippen molar-refractivity contribution in [3.8, 4) is 0 Å². The quantitative estimate of drug-likeness (QED) is 0.377. The molecule has 0 N–H and O–H groups in total. The van der Waals surface area contributed by atoms with Crippen LogP contribution in [0.15, 0.2) is 9.98 Å². The third-order valence-corrected chi connectivity index (χ3v) is 3.86. The predicted molar refractivity (Wildman–Crippen MR) is 69.9 cm³/mol. The van der Waals surface area contributed by atoms with Crippen LogP contribution in [-0.2, 0) is 9.59 Å². The van der Waals surface area contributed by atoms with Crippen LogP contribution in [0.5, 0.6) is 0 Å². The smallest absolute Gasteiger partial charge is 0.211 e. The van der Waals surface area contributed by atoms with Gasteiger partial charge in [0, 0.05) is 0 Å². The summed E-state index contributed by atoms with van der Waals surface area (Å²) >= 11 is 0. The van der Waals surface area contributed by atoms with Gasteiger partial charge in [-0.1, -0.05) is 25.7 Å². The number of carbonyl (C=O) groups excluding carboxylic acids is 2. The van der Waals surface area contributed by atoms with Gasteiger partial charge in [0.05, 0.1) is 13.1 Å². The zero-order valence-electron chi connectivity index (χ0n) is 10.9. The molecule has 0 unspecified atom stereocenters. The van der Waals surface area contributed by atoms with E-state index >= 15 is 0 Å². The maximum Gasteiger partial charge on any atom is 0.234 e. The fraction of sp³-hybridized carbons (Fsp3) is 0.857. The van der Waals surface area contributed by atoms with Crippen LogP contribution < -0.4 is 0 Å². The molecular weight excluding hydrogens is 228 g/mol. The predicted octanol–water partition coefficient (Wildman–Crippen LogP) is 3.02. The average molecular weight is 250 g/mol. The van der Waals surface area contributed by atoms with E-state index in [-0.39, 0.29) is 0 Å². The van der Waals surface area contributed by atoms with Gasteiger partial charge in [0.25, 0.3) is 0 Å². The minimum absolute atomic E-state index is 0.632. The van der Waals surface area contributed by atoms with Crippen molar-refractivity contribution in [2.45, 2.75) is 51.4 Å². The maximum atomic E-state index is 9.92. The Balaban J connectivity index is 2.05. The number of isocyanates is 2. The number of hydrogen-bond donors (Lipinski definition) is 0. The Hall–Kier alpha value is -1.24. The lowest BCUT2D eigenvalue weighted by Gasteiger charge is -2.28. The molecule has 0 aromatic carbocycles. The molecule has 1 aliphatic carbocycles. The van der Waals surface area contributed by atoms with Gasteiger partial charge in [-0.2, -0.15) is 0 Å². The molecule has 0 spiro atoms. The van der Waals surface area contributed by atoms with E-state index in [0.29, 0.717) is 13.1 Å². The molecule has 0 atom stereocenters. The number of rotatable bonds is 8. The zero-order valence-corrected chi connectivity index (χ0v) is 10.9. The highest BCUT2D eigenvalue weighted by atomic mass is 16.1. The molecule has 0 aliphatic heterocycles. The fourth-order valence-corrected chi connectivity index (χ4v) is 2.82. The summed E-state index contributed by atoms with van der Waals surface area (Å²) in [7, 11) is 0. The van der Waals surface area contributed by atoms with Crippen molar-refractivity contribution in [1.82, 2.24) is 0 Å². The van der Waals surface area contributed by atoms with Crippen LogP contribution in [0.25, 0.3) is 0 Å². The normalized spacial score (nSPS) is 22.9. The maximum absolute atomic E-state index is 9.92. The fourth-order valence-electron chi connectivity index (χ4n) is 2.82. The third kappa shape index (κ3) is 6.48. The molecule has 0 heterocycles. The highest BCUT2D eigenvalue weighted by Gasteiger charge is 2.20. The minimum atomic E-state index is 0.632. The second-order valence-electron chi connectivity index (χ2n) is 5.12. The summed E-state index contributed by atoms with van der Waals surface area (Å²) in [4.78, 5) is 27.0. The molecule has 1 rings (SSSR count). The van der Waals surface area contributed by atoms with Crippen molar-refractivity contribution < 1.29 is 9.59 Å². The lowest BCUT2D eigenvalue weighted by atomic mass is 9.78. The second-order valence-corrected chi connectivity index (χ2v) is 5.12. The van der Waals surface area contributed by atoms with E-state index in [1.807, 2.05) is 0 Å². The van der Waals surface area contributed by atoms with Crippen molar-refractivity contribution in [2.24, 2.45) is 21.8 Å². The molecular formula is C14H22N2O2. The van der Waals surface area contributed by atoms with E-state index in [4.69, 9.17) is 0 Å². The zero-order chi connectivity index (χ0) is 13.1. The highest BCUT2D eigenvalue weighted by Crippen LogP contribution is 2.33. The van der Waals surface area contributed by atoms with Crippen molar-refractivity contribution in [2.75, 3.05) is 13.1 Å². The summed E-state index contributed by atoms with van der Waals surface area (Å²) < 4.78 is 0. The molecule has 4 nitrogen and oxygen atoms in total. The summed E-state index contributed by atoms with van der Waals surface area (Å²) in [6.45, 7) is 1.26. The molecule has 4 heteroatoms. The Morgan fingerprint density at radius 2 is 1.17 bits per heavy atom. The molecule has 0 bridgehead atoms. The van der Waals surface area contributed by atoms with E-state index < -0.39 is 0 Å². The summed E-state index contributed by atoms with van der Waals surface area (Å²) in [6, 6.07) is 0. The average Bonchev–Trinajstić information content (AvgIpc) is 2.41. The third-order valence-electron chi connectivity index (χ3n) is 3.86. The summed E-state index contributed by atoms with van der Waals surface area (Å²) in [6.07, 6.45) is 12.8. The van der Waals surface area contributed by atoms with Gasteiger partial charge >= 0.3 is 0 Å². The number of nitrogens with zero attached hydrogens (tertiary/aromatic N) is 2. The SMILES string of the molecule is O=C=NCCCC1CCC(CCCN=C=O)CC1. The van der Waals surface area contributed by atoms with E-state index in [2.05, 4.69) is 9.98 Å². The van der Waals surface area contributed by atoms with E-state index in [1.54, 1.807) is 12.2 Å². The second kappa shape index (κ2) is 9.76. The molecule has 0 aromatic heterocycles. The first kappa shape index (κ1) is 14.8. The molecule has 0 saturated heterocycles. The first-order valence-electron chi connectivity index (χ1n) is 6.94. The van der Waals surface area contributed by atoms with Crippen molar-refractivity contribution >= 4 is 12.2 Å². The van der Waals surface area contributed by atoms with Gasteiger partial charge in [-0.3, -0.25) is 0 Å². The minimum Gasteiger partial charge on any atom is -0.211 e. The van der Waals surface area contributed by atoms with Crippen LogP contribution in [-0.4, -0.2) is 25.2 Å². The van der Waals surface area contributed by atoms with Crippen LogP contribution in [0.4, 0.5) is 0 Å². The van der Waals surface area contributed by atoms with Gasteiger partial charge in [0.15, 0.2) is 0 Å². The summed E-state index contributed by atoms with van der Waals surface area (Å²) in [5.41, 5.74) is 0. The Bertz CT molecular complexity index is 278. The van der Waals surface area contributed by atoms with Crippen LogP contribution >= 0.6 is 0 Å². The monoisotopic (exact) mass is 250 g/mol. The summed E-state index contributed by atoms with van der Waals surface area (Å²) in [5.74, 6) is 1.63. The molecule has 1 fully saturated rings. The molecule has 0 aromatic rings. The van der Waals surface area contributed by atoms with Crippen molar-refractivity contribution in [3.05, 3.63) is 0 Å². The van der Waals surface area contributed by atoms with E-state index in [9.17, 15) is 9.59 Å². The number of aliphatic imine (C=N–C) groups is 2. The Morgan fingerprint density at radius 3 is 1.50 bits per heavy atom. The van der Waals surface area contributed by atoms with Gasteiger partial charge in [-0.15, -0.1) is 0 Å². The van der Waals surface area contributed by atoms with E-state index in [0.717, 1.165) is 24.7 Å². The van der Waals surface area contributed by atoms with Gasteiger partial charge in [-0.25, -0.2) is 19.6 Å². The Kier molecular flexibility index (Phi) is 8.03. The van der Waals surface area contributed by atoms with Gasteiger partial charge < -0.3 is 0 Å². The first-order valence-corrected chi connectivity index (χ1v) is 6.94. The highest BCUT2D eigenvalue weighted by molar-refractivity contribution is 5.32. The summed E-state index contributed by atoms with van der Waals surface area (Å²) in [5, 5.41) is 0. The van der Waals surface area contributed by atoms with Crippen LogP contribution in [0.1, 0.15) is 51.4 Å². The van der Waals surface area contributed by atoms with Crippen LogP contribution in [0, 0.1) is 11.8 Å². The molecule has 1 aliphatic rings. The van der Waals surface area contributed by atoms with Crippen molar-refractivity contribution in [1.29, 1.82) is 0 Å². The van der Waals surface area contributed by atoms with Crippen molar-refractivity contribution in [3.63, 3.8) is 0 Å². The van der Waals surface area contributed by atoms with Gasteiger partial charge in [0.2, 0.25) is 12.2 Å². The van der Waals surface area contributed by atoms with Crippen LogP contribution in [0.2, 0.25) is 0 Å².